The molecule has 1 aromatic rings. The maximum atomic E-state index is 3.64. The molecule has 1 aliphatic heterocycles. The first-order valence-electron chi connectivity index (χ1n) is 6.01. The van der Waals surface area contributed by atoms with Crippen LogP contribution in [-0.2, 0) is 0 Å². The van der Waals surface area contributed by atoms with E-state index in [1.54, 1.807) is 0 Å². The molecule has 1 heteroatoms. The predicted octanol–water partition coefficient (Wildman–Crippen LogP) is 3.59. The molecule has 0 saturated heterocycles. The van der Waals surface area contributed by atoms with E-state index < -0.39 is 0 Å². The highest BCUT2D eigenvalue weighted by Gasteiger charge is 2.24. The second-order valence-corrected chi connectivity index (χ2v) is 5.04. The Labute approximate surface area is 98.6 Å². The second kappa shape index (κ2) is 4.06. The average molecular weight is 215 g/mol. The van der Waals surface area contributed by atoms with Crippen LogP contribution in [0.15, 0.2) is 23.8 Å². The van der Waals surface area contributed by atoms with Crippen LogP contribution in [0.2, 0.25) is 0 Å². The molecule has 0 spiro atoms. The van der Waals surface area contributed by atoms with Crippen molar-refractivity contribution in [1.29, 1.82) is 0 Å². The fourth-order valence-electron chi connectivity index (χ4n) is 2.66. The zero-order chi connectivity index (χ0) is 11.9. The molecule has 0 saturated carbocycles. The fourth-order valence-corrected chi connectivity index (χ4v) is 2.66. The number of aryl methyl sites for hydroxylation is 2. The van der Waals surface area contributed by atoms with Gasteiger partial charge in [0.2, 0.25) is 0 Å². The highest BCUT2D eigenvalue weighted by molar-refractivity contribution is 5.45. The van der Waals surface area contributed by atoms with Crippen molar-refractivity contribution in [3.8, 4) is 0 Å². The van der Waals surface area contributed by atoms with E-state index in [0.717, 1.165) is 0 Å². The van der Waals surface area contributed by atoms with Crippen LogP contribution in [0.4, 0.5) is 0 Å². The molecule has 16 heavy (non-hydrogen) atoms. The summed E-state index contributed by atoms with van der Waals surface area (Å²) in [5, 5.41) is 3.64. The molecule has 0 aliphatic carbocycles. The Morgan fingerprint density at radius 2 is 1.62 bits per heavy atom. The van der Waals surface area contributed by atoms with Gasteiger partial charge in [-0.2, -0.15) is 0 Å². The Morgan fingerprint density at radius 3 is 2.19 bits per heavy atom. The van der Waals surface area contributed by atoms with Gasteiger partial charge in [0.15, 0.2) is 0 Å². The Hall–Kier alpha value is -1.08. The number of hydrogen-bond donors (Lipinski definition) is 1. The monoisotopic (exact) mass is 215 g/mol. The highest BCUT2D eigenvalue weighted by Crippen LogP contribution is 2.32. The summed E-state index contributed by atoms with van der Waals surface area (Å²) in [4.78, 5) is 0. The summed E-state index contributed by atoms with van der Waals surface area (Å²) in [7, 11) is 0. The second-order valence-electron chi connectivity index (χ2n) is 5.04. The molecule has 1 heterocycles. The number of rotatable bonds is 1. The molecular formula is C15H21N. The first-order chi connectivity index (χ1) is 7.50. The molecule has 0 fully saturated rings. The molecule has 1 aliphatic rings. The van der Waals surface area contributed by atoms with Crippen molar-refractivity contribution < 1.29 is 0 Å². The van der Waals surface area contributed by atoms with Gasteiger partial charge in [0, 0.05) is 6.04 Å². The Morgan fingerprint density at radius 1 is 1.00 bits per heavy atom. The van der Waals surface area contributed by atoms with Crippen LogP contribution in [0.3, 0.4) is 0 Å². The van der Waals surface area contributed by atoms with E-state index in [1.165, 1.54) is 27.8 Å². The fraction of sp³-hybridized carbons (Fsp3) is 0.467. The molecular weight excluding hydrogens is 194 g/mol. The molecule has 2 unspecified atom stereocenters. The minimum atomic E-state index is 0.412. The third-order valence-electron chi connectivity index (χ3n) is 3.69. The summed E-state index contributed by atoms with van der Waals surface area (Å²) >= 11 is 0. The molecule has 86 valence electrons. The van der Waals surface area contributed by atoms with E-state index in [2.05, 4.69) is 58.1 Å². The summed E-state index contributed by atoms with van der Waals surface area (Å²) < 4.78 is 0. The van der Waals surface area contributed by atoms with Gasteiger partial charge in [-0.05, 0) is 56.9 Å². The van der Waals surface area contributed by atoms with Crippen LogP contribution in [0, 0.1) is 20.8 Å². The first kappa shape index (κ1) is 11.4. The van der Waals surface area contributed by atoms with Gasteiger partial charge >= 0.3 is 0 Å². The molecule has 0 bridgehead atoms. The highest BCUT2D eigenvalue weighted by atomic mass is 15.0. The van der Waals surface area contributed by atoms with Crippen LogP contribution in [0.25, 0.3) is 0 Å². The lowest BCUT2D eigenvalue weighted by molar-refractivity contribution is 0.599. The lowest BCUT2D eigenvalue weighted by Crippen LogP contribution is -2.24. The summed E-state index contributed by atoms with van der Waals surface area (Å²) in [6, 6.07) is 5.35. The van der Waals surface area contributed by atoms with Crippen LogP contribution in [0.1, 0.15) is 42.1 Å². The summed E-state index contributed by atoms with van der Waals surface area (Å²) in [5.74, 6) is 0. The molecule has 0 amide bonds. The van der Waals surface area contributed by atoms with E-state index in [4.69, 9.17) is 0 Å². The zero-order valence-electron chi connectivity index (χ0n) is 10.9. The van der Waals surface area contributed by atoms with Gasteiger partial charge in [-0.15, -0.1) is 0 Å². The number of nitrogens with one attached hydrogen (secondary N) is 1. The average Bonchev–Trinajstić information content (AvgIpc) is 2.53. The van der Waals surface area contributed by atoms with Crippen molar-refractivity contribution in [2.45, 2.75) is 46.7 Å². The van der Waals surface area contributed by atoms with Gasteiger partial charge < -0.3 is 5.32 Å². The van der Waals surface area contributed by atoms with E-state index in [0.29, 0.717) is 12.1 Å². The van der Waals surface area contributed by atoms with Gasteiger partial charge in [0.1, 0.15) is 0 Å². The lowest BCUT2D eigenvalue weighted by Gasteiger charge is -2.21. The minimum absolute atomic E-state index is 0.412. The summed E-state index contributed by atoms with van der Waals surface area (Å²) in [6.45, 7) is 11.1. The smallest absolute Gasteiger partial charge is 0.0543 e. The van der Waals surface area contributed by atoms with E-state index in [9.17, 15) is 0 Å². The maximum Gasteiger partial charge on any atom is 0.0543 e. The van der Waals surface area contributed by atoms with Crippen molar-refractivity contribution in [2.24, 2.45) is 0 Å². The van der Waals surface area contributed by atoms with Gasteiger partial charge in [0.05, 0.1) is 6.04 Å². The topological polar surface area (TPSA) is 12.0 Å². The number of hydrogen-bond acceptors (Lipinski definition) is 1. The van der Waals surface area contributed by atoms with Crippen molar-refractivity contribution in [1.82, 2.24) is 5.32 Å². The molecule has 1 N–H and O–H groups in total. The Bertz CT molecular complexity index is 443. The molecule has 1 aromatic carbocycles. The van der Waals surface area contributed by atoms with E-state index in [1.807, 2.05) is 0 Å². The standard InChI is InChI=1S/C15H21N/c1-9-6-7-10(2)14(13(9)5)15-11(3)8-12(4)16-15/h6-8,12,15-16H,1-5H3. The molecule has 0 aromatic heterocycles. The van der Waals surface area contributed by atoms with Crippen molar-refractivity contribution in [3.63, 3.8) is 0 Å². The van der Waals surface area contributed by atoms with Gasteiger partial charge in [-0.25, -0.2) is 0 Å². The summed E-state index contributed by atoms with van der Waals surface area (Å²) in [6.07, 6.45) is 2.33. The maximum absolute atomic E-state index is 3.64. The Balaban J connectivity index is 2.49. The predicted molar refractivity (Wildman–Crippen MR) is 69.7 cm³/mol. The Kier molecular flexibility index (Phi) is 2.90. The molecule has 0 radical (unpaired) electrons. The van der Waals surface area contributed by atoms with Crippen molar-refractivity contribution in [2.75, 3.05) is 0 Å². The summed E-state index contributed by atoms with van der Waals surface area (Å²) in [5.41, 5.74) is 7.12. The quantitative estimate of drug-likeness (QED) is 0.706. The van der Waals surface area contributed by atoms with E-state index in [-0.39, 0.29) is 0 Å². The van der Waals surface area contributed by atoms with Gasteiger partial charge in [-0.1, -0.05) is 23.8 Å². The normalized spacial score (nSPS) is 24.7. The molecule has 2 atom stereocenters. The minimum Gasteiger partial charge on any atom is -0.300 e. The first-order valence-corrected chi connectivity index (χ1v) is 6.01. The van der Waals surface area contributed by atoms with Gasteiger partial charge in [-0.3, -0.25) is 0 Å². The number of benzene rings is 1. The SMILES string of the molecule is CC1=CC(C)NC1c1c(C)ccc(C)c1C. The van der Waals surface area contributed by atoms with Crippen LogP contribution in [-0.4, -0.2) is 6.04 Å². The van der Waals surface area contributed by atoms with Crippen LogP contribution < -0.4 is 5.32 Å². The van der Waals surface area contributed by atoms with Crippen LogP contribution >= 0.6 is 0 Å². The van der Waals surface area contributed by atoms with Crippen LogP contribution in [0.5, 0.6) is 0 Å². The van der Waals surface area contributed by atoms with E-state index >= 15 is 0 Å². The third kappa shape index (κ3) is 1.80. The van der Waals surface area contributed by atoms with Gasteiger partial charge in [0.25, 0.3) is 0 Å². The van der Waals surface area contributed by atoms with Crippen molar-refractivity contribution in [3.05, 3.63) is 46.0 Å². The largest absolute Gasteiger partial charge is 0.300 e. The lowest BCUT2D eigenvalue weighted by atomic mass is 9.90. The molecule has 2 rings (SSSR count). The van der Waals surface area contributed by atoms with Crippen molar-refractivity contribution >= 4 is 0 Å². The zero-order valence-corrected chi connectivity index (χ0v) is 10.9. The molecule has 1 nitrogen and oxygen atoms in total. The third-order valence-corrected chi connectivity index (χ3v) is 3.69.